The number of hydrogen-bond donors (Lipinski definition) is 1. The zero-order chi connectivity index (χ0) is 19.4. The lowest BCUT2D eigenvalue weighted by Gasteiger charge is -2.11. The van der Waals surface area contributed by atoms with Crippen LogP contribution in [0.1, 0.15) is 34.8 Å². The van der Waals surface area contributed by atoms with E-state index in [1.54, 1.807) is 6.92 Å². The van der Waals surface area contributed by atoms with E-state index in [4.69, 9.17) is 4.74 Å². The van der Waals surface area contributed by atoms with E-state index >= 15 is 0 Å². The van der Waals surface area contributed by atoms with Gasteiger partial charge < -0.3 is 10.1 Å². The molecule has 1 aromatic heterocycles. The minimum Gasteiger partial charge on any atom is -0.455 e. The number of para-hydroxylation sites is 1. The number of esters is 1. The predicted molar refractivity (Wildman–Crippen MR) is 97.4 cm³/mol. The van der Waals surface area contributed by atoms with Gasteiger partial charge in [0, 0.05) is 12.6 Å². The fraction of sp³-hybridized carbons (Fsp3) is 0.211. The molecular weight excluding hydrogens is 374 g/mol. The predicted octanol–water partition coefficient (Wildman–Crippen LogP) is 4.00. The number of ether oxygens (including phenoxy) is 1. The van der Waals surface area contributed by atoms with Crippen molar-refractivity contribution in [1.82, 2.24) is 10.3 Å². The summed E-state index contributed by atoms with van der Waals surface area (Å²) in [7, 11) is 0. The van der Waals surface area contributed by atoms with E-state index in [0.717, 1.165) is 22.3 Å². The van der Waals surface area contributed by atoms with Crippen molar-refractivity contribution in [3.8, 4) is 0 Å². The summed E-state index contributed by atoms with van der Waals surface area (Å²) in [6.45, 7) is 1.70. The van der Waals surface area contributed by atoms with Crippen molar-refractivity contribution in [3.05, 3.63) is 64.7 Å². The molecule has 2 aromatic carbocycles. The molecule has 3 aromatic rings. The Morgan fingerprint density at radius 1 is 1.22 bits per heavy atom. The van der Waals surface area contributed by atoms with Crippen LogP contribution >= 0.6 is 11.3 Å². The second-order valence-corrected chi connectivity index (χ2v) is 6.84. The van der Waals surface area contributed by atoms with Crippen LogP contribution < -0.4 is 5.32 Å². The van der Waals surface area contributed by atoms with E-state index in [1.807, 2.05) is 24.3 Å². The van der Waals surface area contributed by atoms with E-state index in [0.29, 0.717) is 11.1 Å². The molecule has 3 rings (SSSR count). The van der Waals surface area contributed by atoms with Gasteiger partial charge in [-0.05, 0) is 31.2 Å². The minimum atomic E-state index is -0.959. The van der Waals surface area contributed by atoms with E-state index < -0.39 is 29.6 Å². The second kappa shape index (κ2) is 8.22. The molecule has 0 spiro atoms. The molecule has 0 aliphatic heterocycles. The van der Waals surface area contributed by atoms with Gasteiger partial charge in [-0.25, -0.2) is 13.8 Å². The molecule has 0 bridgehead atoms. The van der Waals surface area contributed by atoms with Crippen molar-refractivity contribution in [1.29, 1.82) is 0 Å². The van der Waals surface area contributed by atoms with Gasteiger partial charge in [-0.2, -0.15) is 0 Å². The summed E-state index contributed by atoms with van der Waals surface area (Å²) in [4.78, 5) is 28.2. The number of rotatable bonds is 6. The molecule has 0 aliphatic carbocycles. The van der Waals surface area contributed by atoms with Gasteiger partial charge in [0.05, 0.1) is 22.2 Å². The van der Waals surface area contributed by atoms with Crippen LogP contribution in [0.2, 0.25) is 0 Å². The summed E-state index contributed by atoms with van der Waals surface area (Å²) in [5, 5.41) is 3.09. The van der Waals surface area contributed by atoms with E-state index in [1.165, 1.54) is 11.3 Å². The van der Waals surface area contributed by atoms with Crippen LogP contribution in [0.15, 0.2) is 42.5 Å². The zero-order valence-electron chi connectivity index (χ0n) is 14.4. The fourth-order valence-electron chi connectivity index (χ4n) is 2.42. The Morgan fingerprint density at radius 2 is 2.00 bits per heavy atom. The standard InChI is InChI=1S/C19H16F2N2O3S/c1-11(19-23-15-4-2-3-5-16(15)27-19)26-17(24)8-9-22-18(25)13-7-6-12(20)10-14(13)21/h2-7,10-11H,8-9H2,1H3,(H,22,25). The summed E-state index contributed by atoms with van der Waals surface area (Å²) in [5.74, 6) is -2.96. The third kappa shape index (κ3) is 4.65. The minimum absolute atomic E-state index is 0.0267. The number of amides is 1. The van der Waals surface area contributed by atoms with Gasteiger partial charge in [0.2, 0.25) is 0 Å². The molecule has 8 heteroatoms. The van der Waals surface area contributed by atoms with Gasteiger partial charge >= 0.3 is 5.97 Å². The highest BCUT2D eigenvalue weighted by Crippen LogP contribution is 2.28. The molecule has 1 atom stereocenters. The number of carbonyl (C=O) groups is 2. The number of fused-ring (bicyclic) bond motifs is 1. The second-order valence-electron chi connectivity index (χ2n) is 5.78. The van der Waals surface area contributed by atoms with Crippen molar-refractivity contribution in [2.45, 2.75) is 19.4 Å². The highest BCUT2D eigenvalue weighted by molar-refractivity contribution is 7.18. The molecule has 0 saturated heterocycles. The maximum atomic E-state index is 13.5. The van der Waals surface area contributed by atoms with Crippen LogP contribution in [0.3, 0.4) is 0 Å². The Labute approximate surface area is 158 Å². The molecule has 0 aliphatic rings. The Hall–Kier alpha value is -2.87. The Kier molecular flexibility index (Phi) is 5.75. The first-order chi connectivity index (χ1) is 12.9. The van der Waals surface area contributed by atoms with Crippen molar-refractivity contribution < 1.29 is 23.1 Å². The number of benzene rings is 2. The first kappa shape index (κ1) is 18.9. The van der Waals surface area contributed by atoms with E-state index in [2.05, 4.69) is 10.3 Å². The third-order valence-corrected chi connectivity index (χ3v) is 4.95. The molecule has 0 radical (unpaired) electrons. The number of nitrogens with one attached hydrogen (secondary N) is 1. The van der Waals surface area contributed by atoms with Crippen molar-refractivity contribution >= 4 is 33.4 Å². The summed E-state index contributed by atoms with van der Waals surface area (Å²) >= 11 is 1.45. The van der Waals surface area contributed by atoms with Crippen LogP contribution in [-0.4, -0.2) is 23.4 Å². The number of thiazole rings is 1. The molecule has 1 unspecified atom stereocenters. The summed E-state index contributed by atoms with van der Waals surface area (Å²) < 4.78 is 32.7. The quantitative estimate of drug-likeness (QED) is 0.646. The number of halogens is 2. The Bertz CT molecular complexity index is 957. The lowest BCUT2D eigenvalue weighted by atomic mass is 10.2. The first-order valence-electron chi connectivity index (χ1n) is 8.22. The van der Waals surface area contributed by atoms with Crippen LogP contribution in [0.5, 0.6) is 0 Å². The maximum Gasteiger partial charge on any atom is 0.308 e. The van der Waals surface area contributed by atoms with Gasteiger partial charge in [-0.15, -0.1) is 11.3 Å². The molecular formula is C19H16F2N2O3S. The highest BCUT2D eigenvalue weighted by Gasteiger charge is 2.17. The highest BCUT2D eigenvalue weighted by atomic mass is 32.1. The Balaban J connectivity index is 1.49. The van der Waals surface area contributed by atoms with Crippen molar-refractivity contribution in [2.24, 2.45) is 0 Å². The lowest BCUT2D eigenvalue weighted by molar-refractivity contribution is -0.148. The number of nitrogens with zero attached hydrogens (tertiary/aromatic N) is 1. The van der Waals surface area contributed by atoms with Crippen LogP contribution in [-0.2, 0) is 9.53 Å². The molecule has 0 fully saturated rings. The molecule has 1 heterocycles. The number of hydrogen-bond acceptors (Lipinski definition) is 5. The number of carbonyl (C=O) groups excluding carboxylic acids is 2. The smallest absolute Gasteiger partial charge is 0.308 e. The average Bonchev–Trinajstić information content (AvgIpc) is 3.06. The maximum absolute atomic E-state index is 13.5. The van der Waals surface area contributed by atoms with Gasteiger partial charge in [-0.1, -0.05) is 12.1 Å². The number of aromatic nitrogens is 1. The summed E-state index contributed by atoms with van der Waals surface area (Å²) in [6.07, 6.45) is -0.593. The van der Waals surface area contributed by atoms with Gasteiger partial charge in [0.15, 0.2) is 6.10 Å². The summed E-state index contributed by atoms with van der Waals surface area (Å²) in [5.41, 5.74) is 0.557. The molecule has 27 heavy (non-hydrogen) atoms. The third-order valence-electron chi connectivity index (χ3n) is 3.76. The molecule has 5 nitrogen and oxygen atoms in total. The van der Waals surface area contributed by atoms with Crippen molar-refractivity contribution in [3.63, 3.8) is 0 Å². The zero-order valence-corrected chi connectivity index (χ0v) is 15.2. The van der Waals surface area contributed by atoms with E-state index in [9.17, 15) is 18.4 Å². The van der Waals surface area contributed by atoms with Gasteiger partial charge in [0.1, 0.15) is 16.6 Å². The summed E-state index contributed by atoms with van der Waals surface area (Å²) in [6, 6.07) is 10.3. The monoisotopic (exact) mass is 390 g/mol. The van der Waals surface area contributed by atoms with Crippen LogP contribution in [0, 0.1) is 11.6 Å². The fourth-order valence-corrected chi connectivity index (χ4v) is 3.37. The van der Waals surface area contributed by atoms with E-state index in [-0.39, 0.29) is 18.5 Å². The SMILES string of the molecule is CC(OC(=O)CCNC(=O)c1ccc(F)cc1F)c1nc2ccccc2s1. The van der Waals surface area contributed by atoms with Gasteiger partial charge in [0.25, 0.3) is 5.91 Å². The van der Waals surface area contributed by atoms with Gasteiger partial charge in [-0.3, -0.25) is 9.59 Å². The molecule has 0 saturated carbocycles. The first-order valence-corrected chi connectivity index (χ1v) is 9.04. The van der Waals surface area contributed by atoms with Crippen LogP contribution in [0.25, 0.3) is 10.2 Å². The Morgan fingerprint density at radius 3 is 2.74 bits per heavy atom. The van der Waals surface area contributed by atoms with Crippen molar-refractivity contribution in [2.75, 3.05) is 6.54 Å². The molecule has 1 amide bonds. The normalized spacial score (nSPS) is 12.0. The average molecular weight is 390 g/mol. The largest absolute Gasteiger partial charge is 0.455 e. The lowest BCUT2D eigenvalue weighted by Crippen LogP contribution is -2.27. The molecule has 1 N–H and O–H groups in total. The topological polar surface area (TPSA) is 68.3 Å². The van der Waals surface area contributed by atoms with Crippen LogP contribution in [0.4, 0.5) is 8.78 Å². The molecule has 140 valence electrons.